The molecule has 33 heavy (non-hydrogen) atoms. The smallest absolute Gasteiger partial charge is 0.257 e. The van der Waals surface area contributed by atoms with Gasteiger partial charge in [0, 0.05) is 24.6 Å². The van der Waals surface area contributed by atoms with Crippen LogP contribution in [0, 0.1) is 0 Å². The van der Waals surface area contributed by atoms with Crippen LogP contribution in [0.2, 0.25) is 0 Å². The third kappa shape index (κ3) is 5.23. The van der Waals surface area contributed by atoms with Crippen LogP contribution in [-0.2, 0) is 16.4 Å². The van der Waals surface area contributed by atoms with E-state index >= 15 is 0 Å². The first kappa shape index (κ1) is 23.3. The van der Waals surface area contributed by atoms with Crippen LogP contribution in [0.4, 0.5) is 5.13 Å². The summed E-state index contributed by atoms with van der Waals surface area (Å²) in [5.41, 5.74) is 1.31. The molecule has 1 fully saturated rings. The molecule has 0 saturated carbocycles. The second-order valence-corrected chi connectivity index (χ2v) is 10.9. The lowest BCUT2D eigenvalue weighted by Gasteiger charge is -2.32. The maximum absolute atomic E-state index is 13.4. The average Bonchev–Trinajstić information content (AvgIpc) is 3.26. The molecule has 1 N–H and O–H groups in total. The molecule has 0 aliphatic carbocycles. The Morgan fingerprint density at radius 2 is 1.97 bits per heavy atom. The summed E-state index contributed by atoms with van der Waals surface area (Å²) in [5, 5.41) is 12.0. The van der Waals surface area contributed by atoms with Gasteiger partial charge in [0.15, 0.2) is 0 Å². The van der Waals surface area contributed by atoms with Crippen LogP contribution < -0.4 is 10.1 Å². The molecular formula is C23H26N4O4S2. The molecule has 0 radical (unpaired) electrons. The monoisotopic (exact) mass is 486 g/mol. The Kier molecular flexibility index (Phi) is 7.06. The molecule has 1 aliphatic rings. The topological polar surface area (TPSA) is 101 Å². The van der Waals surface area contributed by atoms with Gasteiger partial charge in [0.25, 0.3) is 5.91 Å². The van der Waals surface area contributed by atoms with Crippen molar-refractivity contribution in [3.8, 4) is 5.75 Å². The number of carbonyl (C=O) groups is 1. The number of carbonyl (C=O) groups excluding carboxylic acids is 1. The Labute approximate surface area is 197 Å². The number of hydrogen-bond acceptors (Lipinski definition) is 7. The molecule has 0 unspecified atom stereocenters. The molecule has 1 aliphatic heterocycles. The van der Waals surface area contributed by atoms with Crippen molar-refractivity contribution in [2.24, 2.45) is 0 Å². The average molecular weight is 487 g/mol. The van der Waals surface area contributed by atoms with Gasteiger partial charge in [-0.05, 0) is 43.5 Å². The Morgan fingerprint density at radius 1 is 1.18 bits per heavy atom. The molecule has 1 aromatic heterocycles. The summed E-state index contributed by atoms with van der Waals surface area (Å²) in [7, 11) is -2.39. The predicted molar refractivity (Wildman–Crippen MR) is 127 cm³/mol. The SMILES string of the molecule is COc1ccc(C(=O)Nc2nnc(Cc3ccccc3)s2)cc1S(=O)(=O)N1CCCC[C@H]1C. The number of methoxy groups -OCH3 is 1. The van der Waals surface area contributed by atoms with Gasteiger partial charge in [-0.3, -0.25) is 10.1 Å². The Hall–Kier alpha value is -2.82. The van der Waals surface area contributed by atoms with E-state index in [4.69, 9.17) is 4.74 Å². The van der Waals surface area contributed by atoms with Crippen LogP contribution >= 0.6 is 11.3 Å². The summed E-state index contributed by atoms with van der Waals surface area (Å²) >= 11 is 1.29. The first-order chi connectivity index (χ1) is 15.9. The van der Waals surface area contributed by atoms with Crippen molar-refractivity contribution in [1.82, 2.24) is 14.5 Å². The van der Waals surface area contributed by atoms with Crippen LogP contribution in [0.1, 0.15) is 47.1 Å². The second kappa shape index (κ2) is 9.98. The number of benzene rings is 2. The molecule has 0 spiro atoms. The largest absolute Gasteiger partial charge is 0.495 e. The van der Waals surface area contributed by atoms with Gasteiger partial charge < -0.3 is 4.74 Å². The van der Waals surface area contributed by atoms with E-state index in [9.17, 15) is 13.2 Å². The summed E-state index contributed by atoms with van der Waals surface area (Å²) in [6.45, 7) is 2.36. The van der Waals surface area contributed by atoms with Gasteiger partial charge in [-0.2, -0.15) is 4.31 Å². The zero-order valence-corrected chi connectivity index (χ0v) is 20.2. The summed E-state index contributed by atoms with van der Waals surface area (Å²) in [5.74, 6) is -0.242. The van der Waals surface area contributed by atoms with Crippen LogP contribution in [0.25, 0.3) is 0 Å². The number of sulfonamides is 1. The number of ether oxygens (including phenoxy) is 1. The van der Waals surface area contributed by atoms with E-state index in [2.05, 4.69) is 15.5 Å². The summed E-state index contributed by atoms with van der Waals surface area (Å²) in [6, 6.07) is 14.2. The first-order valence-electron chi connectivity index (χ1n) is 10.8. The summed E-state index contributed by atoms with van der Waals surface area (Å²) < 4.78 is 33.6. The molecular weight excluding hydrogens is 460 g/mol. The van der Waals surface area contributed by atoms with Gasteiger partial charge in [0.1, 0.15) is 15.7 Å². The minimum atomic E-state index is -3.81. The van der Waals surface area contributed by atoms with E-state index < -0.39 is 15.9 Å². The van der Waals surface area contributed by atoms with Crippen LogP contribution in [0.3, 0.4) is 0 Å². The highest BCUT2D eigenvalue weighted by Crippen LogP contribution is 2.32. The van der Waals surface area contributed by atoms with E-state index in [1.165, 1.54) is 34.9 Å². The van der Waals surface area contributed by atoms with E-state index in [0.717, 1.165) is 29.8 Å². The fourth-order valence-corrected chi connectivity index (χ4v) is 6.54. The van der Waals surface area contributed by atoms with Gasteiger partial charge >= 0.3 is 0 Å². The number of rotatable bonds is 7. The van der Waals surface area contributed by atoms with Gasteiger partial charge in [-0.1, -0.05) is 48.1 Å². The molecule has 10 heteroatoms. The van der Waals surface area contributed by atoms with Crippen molar-refractivity contribution in [3.05, 3.63) is 64.7 Å². The van der Waals surface area contributed by atoms with Crippen molar-refractivity contribution >= 4 is 32.4 Å². The van der Waals surface area contributed by atoms with Crippen molar-refractivity contribution < 1.29 is 17.9 Å². The number of nitrogens with one attached hydrogen (secondary N) is 1. The minimum absolute atomic E-state index is 0.00608. The molecule has 8 nitrogen and oxygen atoms in total. The van der Waals surface area contributed by atoms with Crippen LogP contribution in [0.5, 0.6) is 5.75 Å². The van der Waals surface area contributed by atoms with Crippen molar-refractivity contribution in [2.45, 2.75) is 43.5 Å². The standard InChI is InChI=1S/C23H26N4O4S2/c1-16-8-6-7-13-27(16)33(29,30)20-15-18(11-12-19(20)31-2)22(28)24-23-26-25-21(32-23)14-17-9-4-3-5-10-17/h3-5,9-12,15-16H,6-8,13-14H2,1-2H3,(H,24,26,28)/t16-/m1/s1. The number of amides is 1. The normalized spacial score (nSPS) is 17.0. The molecule has 0 bridgehead atoms. The molecule has 2 aromatic carbocycles. The van der Waals surface area contributed by atoms with E-state index in [-0.39, 0.29) is 22.3 Å². The number of anilines is 1. The van der Waals surface area contributed by atoms with Crippen molar-refractivity contribution in [1.29, 1.82) is 0 Å². The third-order valence-electron chi connectivity index (χ3n) is 5.64. The highest BCUT2D eigenvalue weighted by Gasteiger charge is 2.33. The lowest BCUT2D eigenvalue weighted by molar-refractivity contribution is 0.102. The van der Waals surface area contributed by atoms with E-state index in [1.807, 2.05) is 37.3 Å². The Bertz CT molecular complexity index is 1230. The van der Waals surface area contributed by atoms with Crippen molar-refractivity contribution in [2.75, 3.05) is 19.0 Å². The molecule has 2 heterocycles. The summed E-state index contributed by atoms with van der Waals surface area (Å²) in [6.07, 6.45) is 3.24. The number of piperidine rings is 1. The second-order valence-electron chi connectivity index (χ2n) is 7.94. The summed E-state index contributed by atoms with van der Waals surface area (Å²) in [4.78, 5) is 12.9. The number of aromatic nitrogens is 2. The predicted octanol–water partition coefficient (Wildman–Crippen LogP) is 3.95. The molecule has 1 amide bonds. The fourth-order valence-electron chi connectivity index (χ4n) is 3.89. The molecule has 1 atom stereocenters. The highest BCUT2D eigenvalue weighted by molar-refractivity contribution is 7.89. The van der Waals surface area contributed by atoms with Crippen molar-refractivity contribution in [3.63, 3.8) is 0 Å². The van der Waals surface area contributed by atoms with Gasteiger partial charge in [0.05, 0.1) is 7.11 Å². The third-order valence-corrected chi connectivity index (χ3v) is 8.51. The van der Waals surface area contributed by atoms with E-state index in [0.29, 0.717) is 18.1 Å². The van der Waals surface area contributed by atoms with Crippen LogP contribution in [0.15, 0.2) is 53.4 Å². The van der Waals surface area contributed by atoms with Gasteiger partial charge in [-0.25, -0.2) is 8.42 Å². The Balaban J connectivity index is 1.54. The quantitative estimate of drug-likeness (QED) is 0.543. The highest BCUT2D eigenvalue weighted by atomic mass is 32.2. The number of nitrogens with zero attached hydrogens (tertiary/aromatic N) is 3. The van der Waals surface area contributed by atoms with Gasteiger partial charge in [-0.15, -0.1) is 10.2 Å². The molecule has 1 saturated heterocycles. The fraction of sp³-hybridized carbons (Fsp3) is 0.348. The number of hydrogen-bond donors (Lipinski definition) is 1. The molecule has 3 aromatic rings. The maximum atomic E-state index is 13.4. The first-order valence-corrected chi connectivity index (χ1v) is 13.0. The lowest BCUT2D eigenvalue weighted by atomic mass is 10.1. The van der Waals surface area contributed by atoms with Crippen LogP contribution in [-0.4, -0.2) is 48.5 Å². The molecule has 174 valence electrons. The maximum Gasteiger partial charge on any atom is 0.257 e. The van der Waals surface area contributed by atoms with E-state index in [1.54, 1.807) is 6.07 Å². The van der Waals surface area contributed by atoms with Gasteiger partial charge in [0.2, 0.25) is 15.2 Å². The molecule has 4 rings (SSSR count). The minimum Gasteiger partial charge on any atom is -0.495 e. The zero-order valence-electron chi connectivity index (χ0n) is 18.5. The lowest BCUT2D eigenvalue weighted by Crippen LogP contribution is -2.42. The Morgan fingerprint density at radius 3 is 2.70 bits per heavy atom. The zero-order chi connectivity index (χ0) is 23.4.